The zero-order valence-electron chi connectivity index (χ0n) is 10.6. The van der Waals surface area contributed by atoms with Crippen LogP contribution in [0.25, 0.3) is 5.57 Å². The molecule has 1 heterocycles. The van der Waals surface area contributed by atoms with E-state index in [0.717, 1.165) is 11.1 Å². The summed E-state index contributed by atoms with van der Waals surface area (Å²) in [5, 5.41) is 1.14. The molecule has 0 aromatic heterocycles. The summed E-state index contributed by atoms with van der Waals surface area (Å²) in [5.74, 6) is -2.77. The number of hydroxylamine groups is 2. The van der Waals surface area contributed by atoms with Crippen molar-refractivity contribution in [3.8, 4) is 0 Å². The number of carbonyl (C=O) groups excluding carboxylic acids is 1. The van der Waals surface area contributed by atoms with Crippen molar-refractivity contribution < 1.29 is 27.2 Å². The van der Waals surface area contributed by atoms with Crippen LogP contribution in [0.1, 0.15) is 12.0 Å². The highest BCUT2D eigenvalue weighted by atomic mass is 35.5. The SMILES string of the molecule is O=C(ON1CC=C(c2ccc(Cl)cc2F)CC1)C(F)(F)F. The summed E-state index contributed by atoms with van der Waals surface area (Å²) >= 11 is 5.65. The zero-order chi connectivity index (χ0) is 15.6. The van der Waals surface area contributed by atoms with Crippen LogP contribution in [0.15, 0.2) is 24.3 Å². The molecule has 21 heavy (non-hydrogen) atoms. The molecule has 2 rings (SSSR count). The third-order valence-corrected chi connectivity index (χ3v) is 3.13. The summed E-state index contributed by atoms with van der Waals surface area (Å²) in [6, 6.07) is 4.19. The standard InChI is InChI=1S/C13H10ClF4NO2/c14-9-1-2-10(11(15)7-9)8-3-5-19(6-4-8)21-12(20)13(16,17)18/h1-3,7H,4-6H2. The van der Waals surface area contributed by atoms with Gasteiger partial charge in [-0.1, -0.05) is 23.7 Å². The molecule has 1 aromatic carbocycles. The van der Waals surface area contributed by atoms with Crippen molar-refractivity contribution in [1.29, 1.82) is 0 Å². The molecule has 8 heteroatoms. The Balaban J connectivity index is 2.04. The van der Waals surface area contributed by atoms with Gasteiger partial charge in [0.25, 0.3) is 0 Å². The van der Waals surface area contributed by atoms with Crippen LogP contribution in [-0.4, -0.2) is 30.3 Å². The van der Waals surface area contributed by atoms with E-state index < -0.39 is 18.0 Å². The molecule has 0 unspecified atom stereocenters. The van der Waals surface area contributed by atoms with Gasteiger partial charge in [0.15, 0.2) is 0 Å². The highest BCUT2D eigenvalue weighted by Crippen LogP contribution is 2.27. The molecule has 1 aliphatic rings. The predicted octanol–water partition coefficient (Wildman–Crippen LogP) is 3.59. The maximum atomic E-state index is 13.7. The van der Waals surface area contributed by atoms with E-state index in [0.29, 0.717) is 11.1 Å². The van der Waals surface area contributed by atoms with E-state index in [9.17, 15) is 22.4 Å². The smallest absolute Gasteiger partial charge is 0.360 e. The first-order valence-electron chi connectivity index (χ1n) is 5.96. The van der Waals surface area contributed by atoms with E-state index in [4.69, 9.17) is 11.6 Å². The summed E-state index contributed by atoms with van der Waals surface area (Å²) in [5.41, 5.74) is 0.963. The monoisotopic (exact) mass is 323 g/mol. The number of hydrogen-bond donors (Lipinski definition) is 0. The Bertz CT molecular complexity index is 586. The van der Waals surface area contributed by atoms with Crippen molar-refractivity contribution >= 4 is 23.1 Å². The van der Waals surface area contributed by atoms with Gasteiger partial charge >= 0.3 is 12.1 Å². The van der Waals surface area contributed by atoms with Gasteiger partial charge in [-0.25, -0.2) is 9.18 Å². The van der Waals surface area contributed by atoms with Gasteiger partial charge in [0.2, 0.25) is 0 Å². The van der Waals surface area contributed by atoms with Crippen LogP contribution in [0.2, 0.25) is 5.02 Å². The second kappa shape index (κ2) is 6.03. The molecule has 0 radical (unpaired) electrons. The highest BCUT2D eigenvalue weighted by molar-refractivity contribution is 6.30. The molecule has 114 valence electrons. The minimum absolute atomic E-state index is 0.0424. The topological polar surface area (TPSA) is 29.5 Å². The molecule has 0 amide bonds. The molecular weight excluding hydrogens is 314 g/mol. The Kier molecular flexibility index (Phi) is 4.53. The van der Waals surface area contributed by atoms with Gasteiger partial charge in [0.1, 0.15) is 5.82 Å². The maximum Gasteiger partial charge on any atom is 0.492 e. The summed E-state index contributed by atoms with van der Waals surface area (Å²) in [6.45, 7) is 0.00887. The van der Waals surface area contributed by atoms with Crippen LogP contribution >= 0.6 is 11.6 Å². The number of alkyl halides is 3. The minimum Gasteiger partial charge on any atom is -0.360 e. The number of carbonyl (C=O) groups is 1. The van der Waals surface area contributed by atoms with Crippen LogP contribution in [0.3, 0.4) is 0 Å². The quantitative estimate of drug-likeness (QED) is 0.779. The number of halogens is 5. The van der Waals surface area contributed by atoms with Crippen molar-refractivity contribution in [2.75, 3.05) is 13.1 Å². The average Bonchev–Trinajstić information content (AvgIpc) is 2.39. The molecule has 0 N–H and O–H groups in total. The van der Waals surface area contributed by atoms with E-state index in [1.807, 2.05) is 0 Å². The molecule has 0 bridgehead atoms. The first-order chi connectivity index (χ1) is 9.77. The molecule has 0 spiro atoms. The predicted molar refractivity (Wildman–Crippen MR) is 67.7 cm³/mol. The number of hydrogen-bond acceptors (Lipinski definition) is 3. The first-order valence-corrected chi connectivity index (χ1v) is 6.33. The van der Waals surface area contributed by atoms with Crippen LogP contribution in [0.4, 0.5) is 17.6 Å². The van der Waals surface area contributed by atoms with Gasteiger partial charge in [-0.3, -0.25) is 0 Å². The third-order valence-electron chi connectivity index (χ3n) is 2.89. The van der Waals surface area contributed by atoms with E-state index in [1.165, 1.54) is 18.2 Å². The van der Waals surface area contributed by atoms with E-state index in [2.05, 4.69) is 4.84 Å². The summed E-state index contributed by atoms with van der Waals surface area (Å²) in [4.78, 5) is 14.9. The Morgan fingerprint density at radius 2 is 2.05 bits per heavy atom. The Labute approximate surface area is 122 Å². The van der Waals surface area contributed by atoms with Gasteiger partial charge < -0.3 is 4.84 Å². The summed E-state index contributed by atoms with van der Waals surface area (Å²) in [7, 11) is 0. The lowest BCUT2D eigenvalue weighted by molar-refractivity contribution is -0.237. The largest absolute Gasteiger partial charge is 0.492 e. The molecule has 0 fully saturated rings. The van der Waals surface area contributed by atoms with Gasteiger partial charge in [0.05, 0.1) is 6.54 Å². The van der Waals surface area contributed by atoms with E-state index in [1.54, 1.807) is 0 Å². The molecule has 0 saturated carbocycles. The van der Waals surface area contributed by atoms with Gasteiger partial charge in [0, 0.05) is 17.1 Å². The molecule has 3 nitrogen and oxygen atoms in total. The van der Waals surface area contributed by atoms with Gasteiger partial charge in [-0.15, -0.1) is 5.06 Å². The second-order valence-corrected chi connectivity index (χ2v) is 4.80. The molecule has 1 aliphatic heterocycles. The lowest BCUT2D eigenvalue weighted by Crippen LogP contribution is -2.37. The first kappa shape index (κ1) is 15.8. The fourth-order valence-electron chi connectivity index (χ4n) is 1.90. The molecule has 0 aliphatic carbocycles. The van der Waals surface area contributed by atoms with Gasteiger partial charge in [-0.05, 0) is 24.1 Å². The lowest BCUT2D eigenvalue weighted by atomic mass is 10.00. The molecule has 1 aromatic rings. The average molecular weight is 324 g/mol. The Hall–Kier alpha value is -1.60. The third kappa shape index (κ3) is 3.95. The van der Waals surface area contributed by atoms with E-state index in [-0.39, 0.29) is 24.5 Å². The van der Waals surface area contributed by atoms with Crippen LogP contribution in [-0.2, 0) is 9.63 Å². The fourth-order valence-corrected chi connectivity index (χ4v) is 2.06. The molecule has 0 saturated heterocycles. The fraction of sp³-hybridized carbons (Fsp3) is 0.308. The summed E-state index contributed by atoms with van der Waals surface area (Å²) < 4.78 is 49.9. The van der Waals surface area contributed by atoms with Crippen molar-refractivity contribution in [1.82, 2.24) is 5.06 Å². The van der Waals surface area contributed by atoms with Crippen LogP contribution < -0.4 is 0 Å². The second-order valence-electron chi connectivity index (χ2n) is 4.37. The van der Waals surface area contributed by atoms with Gasteiger partial charge in [-0.2, -0.15) is 13.2 Å². The number of benzene rings is 1. The number of rotatable bonds is 2. The van der Waals surface area contributed by atoms with Crippen LogP contribution in [0.5, 0.6) is 0 Å². The van der Waals surface area contributed by atoms with Crippen molar-refractivity contribution in [2.45, 2.75) is 12.6 Å². The molecule has 0 atom stereocenters. The van der Waals surface area contributed by atoms with Crippen molar-refractivity contribution in [3.63, 3.8) is 0 Å². The zero-order valence-corrected chi connectivity index (χ0v) is 11.3. The van der Waals surface area contributed by atoms with E-state index >= 15 is 0 Å². The lowest BCUT2D eigenvalue weighted by Gasteiger charge is -2.25. The van der Waals surface area contributed by atoms with Crippen molar-refractivity contribution in [2.24, 2.45) is 0 Å². The minimum atomic E-state index is -5.04. The number of nitrogens with zero attached hydrogens (tertiary/aromatic N) is 1. The molecular formula is C13H10ClF4NO2. The van der Waals surface area contributed by atoms with Crippen LogP contribution in [0, 0.1) is 5.82 Å². The van der Waals surface area contributed by atoms with Crippen molar-refractivity contribution in [3.05, 3.63) is 40.7 Å². The summed E-state index contributed by atoms with van der Waals surface area (Å²) in [6.07, 6.45) is -3.27. The highest BCUT2D eigenvalue weighted by Gasteiger charge is 2.42. The maximum absolute atomic E-state index is 13.7. The normalized spacial score (nSPS) is 16.5. The Morgan fingerprint density at radius 1 is 1.33 bits per heavy atom. The Morgan fingerprint density at radius 3 is 2.57 bits per heavy atom.